The summed E-state index contributed by atoms with van der Waals surface area (Å²) in [6.07, 6.45) is 0.713. The molecule has 0 N–H and O–H groups in total. The van der Waals surface area contributed by atoms with Crippen LogP contribution in [0, 0.1) is 13.8 Å². The summed E-state index contributed by atoms with van der Waals surface area (Å²) in [5.74, 6) is 1.34. The summed E-state index contributed by atoms with van der Waals surface area (Å²) in [7, 11) is 1.59. The number of nitrogens with zero attached hydrogens (tertiary/aromatic N) is 4. The fourth-order valence-corrected chi connectivity index (χ4v) is 3.57. The zero-order valence-electron chi connectivity index (χ0n) is 16.0. The van der Waals surface area contributed by atoms with Gasteiger partial charge in [-0.3, -0.25) is 13.8 Å². The summed E-state index contributed by atoms with van der Waals surface area (Å²) in [6.45, 7) is 6.44. The molecule has 0 aliphatic rings. The van der Waals surface area contributed by atoms with E-state index < -0.39 is 0 Å². The van der Waals surface area contributed by atoms with E-state index in [0.29, 0.717) is 30.0 Å². The van der Waals surface area contributed by atoms with Crippen molar-refractivity contribution in [2.24, 2.45) is 0 Å². The Hall–Kier alpha value is -3.15. The number of hydrogen-bond acceptors (Lipinski definition) is 4. The van der Waals surface area contributed by atoms with Gasteiger partial charge in [-0.2, -0.15) is 4.98 Å². The fourth-order valence-electron chi connectivity index (χ4n) is 3.57. The molecular weight excluding hydrogens is 340 g/mol. The molecule has 0 spiro atoms. The van der Waals surface area contributed by atoms with E-state index in [1.807, 2.05) is 36.4 Å². The average Bonchev–Trinajstić information content (AvgIpc) is 3.03. The molecule has 0 bridgehead atoms. The number of rotatable bonds is 4. The third kappa shape index (κ3) is 2.68. The number of aryl methyl sites for hydroxylation is 3. The van der Waals surface area contributed by atoms with Crippen molar-refractivity contribution in [3.63, 3.8) is 0 Å². The third-order valence-electron chi connectivity index (χ3n) is 5.02. The van der Waals surface area contributed by atoms with Crippen LogP contribution in [0.25, 0.3) is 16.7 Å². The van der Waals surface area contributed by atoms with E-state index in [1.165, 1.54) is 0 Å². The van der Waals surface area contributed by atoms with E-state index in [1.54, 1.807) is 17.7 Å². The Morgan fingerprint density at radius 3 is 2.56 bits per heavy atom. The molecule has 6 heteroatoms. The van der Waals surface area contributed by atoms with Gasteiger partial charge in [-0.15, -0.1) is 0 Å². The molecular formula is C21H22N4O2. The first kappa shape index (κ1) is 17.3. The monoisotopic (exact) mass is 362 g/mol. The molecule has 4 aromatic rings. The lowest BCUT2D eigenvalue weighted by Gasteiger charge is -2.14. The van der Waals surface area contributed by atoms with Crippen LogP contribution in [0.2, 0.25) is 0 Å². The maximum absolute atomic E-state index is 13.4. The van der Waals surface area contributed by atoms with Gasteiger partial charge in [0.15, 0.2) is 5.65 Å². The molecule has 0 fully saturated rings. The van der Waals surface area contributed by atoms with Crippen molar-refractivity contribution in [3.05, 3.63) is 69.4 Å². The zero-order chi connectivity index (χ0) is 19.1. The number of imidazole rings is 1. The van der Waals surface area contributed by atoms with E-state index in [4.69, 9.17) is 4.74 Å². The van der Waals surface area contributed by atoms with Crippen LogP contribution in [0.1, 0.15) is 29.6 Å². The van der Waals surface area contributed by atoms with Crippen LogP contribution in [-0.4, -0.2) is 26.0 Å². The zero-order valence-corrected chi connectivity index (χ0v) is 16.0. The lowest BCUT2D eigenvalue weighted by molar-refractivity contribution is 0.399. The average molecular weight is 362 g/mol. The molecule has 0 unspecified atom stereocenters. The van der Waals surface area contributed by atoms with Crippen molar-refractivity contribution < 1.29 is 4.74 Å². The maximum atomic E-state index is 13.4. The van der Waals surface area contributed by atoms with Crippen LogP contribution in [-0.2, 0) is 13.0 Å². The Bertz CT molecular complexity index is 1220. The maximum Gasteiger partial charge on any atom is 0.277 e. The highest BCUT2D eigenvalue weighted by Gasteiger charge is 2.19. The van der Waals surface area contributed by atoms with Crippen LogP contribution in [0.4, 0.5) is 0 Å². The predicted octanol–water partition coefficient (Wildman–Crippen LogP) is 3.28. The summed E-state index contributed by atoms with van der Waals surface area (Å²) in [4.78, 5) is 22.7. The second-order valence-electron chi connectivity index (χ2n) is 6.67. The number of ether oxygens (including phenoxy) is 1. The molecule has 0 saturated carbocycles. The predicted molar refractivity (Wildman–Crippen MR) is 106 cm³/mol. The van der Waals surface area contributed by atoms with E-state index in [-0.39, 0.29) is 5.56 Å². The lowest BCUT2D eigenvalue weighted by Crippen LogP contribution is -2.25. The number of pyridine rings is 1. The van der Waals surface area contributed by atoms with Crippen LogP contribution >= 0.6 is 0 Å². The molecule has 4 rings (SSSR count). The minimum atomic E-state index is -0.0533. The smallest absolute Gasteiger partial charge is 0.277 e. The number of benzene rings is 1. The standard InChI is InChI=1S/C21H22N4O2/c1-5-17-22-14(3)19-21(26)24(12-15-9-7-6-8-13(15)2)16-10-11-18(27-4)23-20(16)25(17)19/h6-11H,5,12H2,1-4H3. The first-order chi connectivity index (χ1) is 13.0. The molecule has 27 heavy (non-hydrogen) atoms. The van der Waals surface area contributed by atoms with Crippen molar-refractivity contribution in [3.8, 4) is 5.88 Å². The second-order valence-corrected chi connectivity index (χ2v) is 6.67. The molecule has 3 aromatic heterocycles. The Balaban J connectivity index is 2.12. The Labute approximate surface area is 157 Å². The summed E-state index contributed by atoms with van der Waals surface area (Å²) in [6, 6.07) is 11.8. The normalized spacial score (nSPS) is 11.4. The van der Waals surface area contributed by atoms with Gasteiger partial charge in [-0.25, -0.2) is 4.98 Å². The summed E-state index contributed by atoms with van der Waals surface area (Å²) in [5, 5.41) is 0. The Morgan fingerprint density at radius 2 is 1.85 bits per heavy atom. The van der Waals surface area contributed by atoms with Crippen molar-refractivity contribution >= 4 is 16.7 Å². The highest BCUT2D eigenvalue weighted by atomic mass is 16.5. The summed E-state index contributed by atoms with van der Waals surface area (Å²) in [5.41, 5.74) is 4.96. The van der Waals surface area contributed by atoms with E-state index in [9.17, 15) is 4.79 Å². The first-order valence-corrected chi connectivity index (χ1v) is 9.05. The van der Waals surface area contributed by atoms with Crippen molar-refractivity contribution in [1.82, 2.24) is 18.9 Å². The summed E-state index contributed by atoms with van der Waals surface area (Å²) >= 11 is 0. The molecule has 138 valence electrons. The number of hydrogen-bond donors (Lipinski definition) is 0. The third-order valence-corrected chi connectivity index (χ3v) is 5.02. The van der Waals surface area contributed by atoms with Crippen LogP contribution in [0.3, 0.4) is 0 Å². The van der Waals surface area contributed by atoms with Gasteiger partial charge in [-0.1, -0.05) is 31.2 Å². The van der Waals surface area contributed by atoms with Gasteiger partial charge in [0.25, 0.3) is 5.56 Å². The quantitative estimate of drug-likeness (QED) is 0.559. The summed E-state index contributed by atoms with van der Waals surface area (Å²) < 4.78 is 8.99. The number of aromatic nitrogens is 4. The van der Waals surface area contributed by atoms with Gasteiger partial charge in [0.2, 0.25) is 5.88 Å². The molecule has 0 saturated heterocycles. The van der Waals surface area contributed by atoms with Crippen LogP contribution in [0.15, 0.2) is 41.2 Å². The van der Waals surface area contributed by atoms with Crippen molar-refractivity contribution in [2.45, 2.75) is 33.7 Å². The van der Waals surface area contributed by atoms with Crippen molar-refractivity contribution in [2.75, 3.05) is 7.11 Å². The van der Waals surface area contributed by atoms with Crippen LogP contribution in [0.5, 0.6) is 5.88 Å². The molecule has 0 aliphatic heterocycles. The van der Waals surface area contributed by atoms with Gasteiger partial charge in [-0.05, 0) is 31.0 Å². The molecule has 3 heterocycles. The second kappa shape index (κ2) is 6.54. The molecule has 0 aliphatic carbocycles. The molecule has 1 aromatic carbocycles. The Kier molecular flexibility index (Phi) is 4.18. The highest BCUT2D eigenvalue weighted by Crippen LogP contribution is 2.22. The van der Waals surface area contributed by atoms with E-state index >= 15 is 0 Å². The van der Waals surface area contributed by atoms with Crippen LogP contribution < -0.4 is 10.3 Å². The molecule has 0 amide bonds. The first-order valence-electron chi connectivity index (χ1n) is 9.05. The molecule has 0 atom stereocenters. The Morgan fingerprint density at radius 1 is 1.07 bits per heavy atom. The lowest BCUT2D eigenvalue weighted by atomic mass is 10.1. The minimum Gasteiger partial charge on any atom is -0.481 e. The molecule has 6 nitrogen and oxygen atoms in total. The van der Waals surface area contributed by atoms with E-state index in [0.717, 1.165) is 28.2 Å². The topological polar surface area (TPSA) is 61.4 Å². The van der Waals surface area contributed by atoms with Gasteiger partial charge in [0, 0.05) is 12.5 Å². The number of fused-ring (bicyclic) bond motifs is 3. The minimum absolute atomic E-state index is 0.0533. The van der Waals surface area contributed by atoms with Gasteiger partial charge < -0.3 is 4.74 Å². The molecule has 0 radical (unpaired) electrons. The largest absolute Gasteiger partial charge is 0.481 e. The van der Waals surface area contributed by atoms with Gasteiger partial charge in [0.05, 0.1) is 24.9 Å². The van der Waals surface area contributed by atoms with Crippen molar-refractivity contribution in [1.29, 1.82) is 0 Å². The van der Waals surface area contributed by atoms with E-state index in [2.05, 4.69) is 29.0 Å². The van der Waals surface area contributed by atoms with Gasteiger partial charge >= 0.3 is 0 Å². The SMILES string of the molecule is CCc1nc(C)c2c(=O)n(Cc3ccccc3C)c3ccc(OC)nc3n12. The fraction of sp³-hybridized carbons (Fsp3) is 0.286. The highest BCUT2D eigenvalue weighted by molar-refractivity contribution is 5.77. The van der Waals surface area contributed by atoms with Gasteiger partial charge in [0.1, 0.15) is 11.3 Å². The number of methoxy groups -OCH3 is 1.